The van der Waals surface area contributed by atoms with Gasteiger partial charge in [-0.2, -0.15) is 5.48 Å². The molecule has 33 heavy (non-hydrogen) atoms. The van der Waals surface area contributed by atoms with E-state index in [9.17, 15) is 4.79 Å². The van der Waals surface area contributed by atoms with E-state index in [-0.39, 0.29) is 12.6 Å². The van der Waals surface area contributed by atoms with E-state index in [4.69, 9.17) is 9.73 Å². The van der Waals surface area contributed by atoms with E-state index in [1.807, 2.05) is 24.3 Å². The molecule has 0 atom stereocenters. The number of hydrogen-bond acceptors (Lipinski definition) is 6. The zero-order valence-electron chi connectivity index (χ0n) is 20.7. The van der Waals surface area contributed by atoms with Gasteiger partial charge in [0.2, 0.25) is 0 Å². The fraction of sp³-hybridized carbons (Fsp3) is 0.500. The lowest BCUT2D eigenvalue weighted by Crippen LogP contribution is -2.31. The van der Waals surface area contributed by atoms with Crippen LogP contribution in [-0.2, 0) is 14.6 Å². The van der Waals surface area contributed by atoms with Crippen LogP contribution in [0.15, 0.2) is 64.1 Å². The molecule has 6 nitrogen and oxygen atoms in total. The zero-order valence-corrected chi connectivity index (χ0v) is 21.6. The monoisotopic (exact) mass is 476 g/mol. The lowest BCUT2D eigenvalue weighted by Gasteiger charge is -2.10. The smallest absolute Gasteiger partial charge is 0.254 e. The van der Waals surface area contributed by atoms with Crippen LogP contribution in [0, 0.1) is 0 Å². The third-order valence-electron chi connectivity index (χ3n) is 4.74. The van der Waals surface area contributed by atoms with Gasteiger partial charge in [-0.05, 0) is 65.5 Å². The molecular weight excluding hydrogens is 436 g/mol. The Morgan fingerprint density at radius 3 is 2.42 bits per heavy atom. The van der Waals surface area contributed by atoms with E-state index < -0.39 is 0 Å². The van der Waals surface area contributed by atoms with Crippen molar-refractivity contribution in [1.29, 1.82) is 0 Å². The van der Waals surface area contributed by atoms with Crippen molar-refractivity contribution in [3.63, 3.8) is 0 Å². The quantitative estimate of drug-likeness (QED) is 0.0719. The van der Waals surface area contributed by atoms with Crippen LogP contribution in [-0.4, -0.2) is 38.7 Å². The van der Waals surface area contributed by atoms with E-state index in [0.717, 1.165) is 36.3 Å². The van der Waals surface area contributed by atoms with Crippen molar-refractivity contribution in [2.45, 2.75) is 58.3 Å². The Kier molecular flexibility index (Phi) is 16.3. The molecule has 2 N–H and O–H groups in total. The fourth-order valence-electron chi connectivity index (χ4n) is 2.88. The Bertz CT molecular complexity index is 786. The third kappa shape index (κ3) is 14.8. The lowest BCUT2D eigenvalue weighted by molar-refractivity contribution is -0.273. The van der Waals surface area contributed by atoms with Crippen LogP contribution in [0.25, 0.3) is 0 Å². The number of benzene rings is 1. The highest BCUT2D eigenvalue weighted by Crippen LogP contribution is 2.23. The van der Waals surface area contributed by atoms with Crippen LogP contribution in [0.4, 0.5) is 0 Å². The molecule has 7 heteroatoms. The van der Waals surface area contributed by atoms with Gasteiger partial charge < -0.3 is 5.32 Å². The van der Waals surface area contributed by atoms with Gasteiger partial charge in [0.05, 0.1) is 19.3 Å². The molecule has 1 aromatic rings. The molecule has 0 radical (unpaired) electrons. The zero-order chi connectivity index (χ0) is 24.3. The van der Waals surface area contributed by atoms with E-state index in [2.05, 4.69) is 61.6 Å². The molecule has 184 valence electrons. The molecule has 0 unspecified atom stereocenters. The Hall–Kier alpha value is -1.90. The molecule has 0 fully saturated rings. The molecule has 0 spiro atoms. The number of hydroxylamine groups is 1. The molecule has 1 amide bonds. The van der Waals surface area contributed by atoms with Gasteiger partial charge in [-0.25, -0.2) is 9.78 Å². The predicted molar refractivity (Wildman–Crippen MR) is 137 cm³/mol. The van der Waals surface area contributed by atoms with Crippen LogP contribution in [0.1, 0.15) is 63.7 Å². The number of nitrogens with one attached hydrogen (secondary N) is 2. The van der Waals surface area contributed by atoms with Crippen molar-refractivity contribution in [1.82, 2.24) is 10.8 Å². The maximum absolute atomic E-state index is 12.5. The molecule has 0 aliphatic carbocycles. The minimum atomic E-state index is -0.164. The Morgan fingerprint density at radius 2 is 1.70 bits per heavy atom. The van der Waals surface area contributed by atoms with Crippen LogP contribution in [0.5, 0.6) is 0 Å². The molecule has 0 aromatic heterocycles. The van der Waals surface area contributed by atoms with E-state index in [0.29, 0.717) is 18.7 Å². The second-order valence-corrected chi connectivity index (χ2v) is 9.01. The van der Waals surface area contributed by atoms with Gasteiger partial charge in [0, 0.05) is 17.2 Å². The number of hydrogen-bond donors (Lipinski definition) is 2. The van der Waals surface area contributed by atoms with Crippen LogP contribution < -0.4 is 10.8 Å². The molecule has 0 bridgehead atoms. The first-order chi connectivity index (χ1) is 15.9. The van der Waals surface area contributed by atoms with Crippen molar-refractivity contribution < 1.29 is 19.4 Å². The topological polar surface area (TPSA) is 68.8 Å². The molecular formula is C26H40N2O4S. The van der Waals surface area contributed by atoms with Gasteiger partial charge >= 0.3 is 0 Å². The Labute approximate surface area is 203 Å². The van der Waals surface area contributed by atoms with Gasteiger partial charge in [0.25, 0.3) is 5.91 Å². The normalized spacial score (nSPS) is 12.0. The van der Waals surface area contributed by atoms with Crippen LogP contribution in [0.3, 0.4) is 0 Å². The summed E-state index contributed by atoms with van der Waals surface area (Å²) in [5, 5.41) is 2.75. The number of carbonyl (C=O) groups excluding carboxylic acids is 1. The summed E-state index contributed by atoms with van der Waals surface area (Å²) in [4.78, 5) is 27.8. The summed E-state index contributed by atoms with van der Waals surface area (Å²) < 4.78 is 0. The number of amides is 1. The third-order valence-corrected chi connectivity index (χ3v) is 5.74. The average molecular weight is 477 g/mol. The van der Waals surface area contributed by atoms with Gasteiger partial charge in [-0.15, -0.1) is 11.8 Å². The number of thioether (sulfide) groups is 1. The number of carbonyl (C=O) groups is 1. The Morgan fingerprint density at radius 1 is 1.00 bits per heavy atom. The molecule has 0 saturated heterocycles. The van der Waals surface area contributed by atoms with E-state index in [1.54, 1.807) is 11.8 Å². The largest absolute Gasteiger partial charge is 0.327 e. The summed E-state index contributed by atoms with van der Waals surface area (Å²) in [5.74, 6) is 0.666. The molecule has 1 rings (SSSR count). The summed E-state index contributed by atoms with van der Waals surface area (Å²) in [6, 6.07) is 7.62. The van der Waals surface area contributed by atoms with Crippen molar-refractivity contribution in [2.75, 3.05) is 32.7 Å². The van der Waals surface area contributed by atoms with Crippen molar-refractivity contribution in [2.24, 2.45) is 0 Å². The molecule has 0 saturated carbocycles. The number of allylic oxidation sites excluding steroid dienone is 5. The maximum Gasteiger partial charge on any atom is 0.254 e. The SMILES string of the molecule is COOCCNOCNC(=O)c1ccccc1SCC=C(C)CCC=C(C)CCC=C(C)C. The van der Waals surface area contributed by atoms with Crippen LogP contribution in [0.2, 0.25) is 0 Å². The highest BCUT2D eigenvalue weighted by atomic mass is 32.2. The van der Waals surface area contributed by atoms with Gasteiger partial charge in [-0.3, -0.25) is 9.63 Å². The first kappa shape index (κ1) is 29.1. The fourth-order valence-corrected chi connectivity index (χ4v) is 3.92. The maximum atomic E-state index is 12.5. The molecule has 0 heterocycles. The standard InChI is InChI=1S/C26H40N2O4S/c1-21(2)10-8-11-22(3)12-9-13-23(4)16-19-33-25-15-7-6-14-24(25)26(29)27-20-31-28-17-18-32-30-5/h6-7,10,12,14-16,28H,8-9,11,13,17-20H2,1-5H3,(H,27,29). The second-order valence-electron chi connectivity index (χ2n) is 7.94. The Balaban J connectivity index is 2.40. The summed E-state index contributed by atoms with van der Waals surface area (Å²) in [5.41, 5.74) is 7.54. The summed E-state index contributed by atoms with van der Waals surface area (Å²) in [6.45, 7) is 9.54. The van der Waals surface area contributed by atoms with E-state index >= 15 is 0 Å². The first-order valence-corrected chi connectivity index (χ1v) is 12.4. The molecule has 0 aliphatic rings. The molecule has 1 aromatic carbocycles. The highest BCUT2D eigenvalue weighted by Gasteiger charge is 2.10. The summed E-state index contributed by atoms with van der Waals surface area (Å²) in [7, 11) is 1.45. The summed E-state index contributed by atoms with van der Waals surface area (Å²) in [6.07, 6.45) is 11.3. The molecule has 0 aliphatic heterocycles. The second kappa shape index (κ2) is 18.5. The van der Waals surface area contributed by atoms with Gasteiger partial charge in [0.1, 0.15) is 6.73 Å². The minimum absolute atomic E-state index is 0.0606. The highest BCUT2D eigenvalue weighted by molar-refractivity contribution is 7.99. The van der Waals surface area contributed by atoms with Crippen molar-refractivity contribution >= 4 is 17.7 Å². The van der Waals surface area contributed by atoms with Gasteiger partial charge in [-0.1, -0.05) is 47.1 Å². The van der Waals surface area contributed by atoms with Crippen LogP contribution >= 0.6 is 11.8 Å². The van der Waals surface area contributed by atoms with Gasteiger partial charge in [0.15, 0.2) is 0 Å². The average Bonchev–Trinajstić information content (AvgIpc) is 2.78. The van der Waals surface area contributed by atoms with Crippen molar-refractivity contribution in [3.8, 4) is 0 Å². The van der Waals surface area contributed by atoms with Crippen molar-refractivity contribution in [3.05, 3.63) is 64.8 Å². The predicted octanol–water partition coefficient (Wildman–Crippen LogP) is 5.98. The van der Waals surface area contributed by atoms with E-state index in [1.165, 1.54) is 23.8 Å². The minimum Gasteiger partial charge on any atom is -0.327 e. The number of rotatable bonds is 17. The lowest BCUT2D eigenvalue weighted by atomic mass is 10.1. The summed E-state index contributed by atoms with van der Waals surface area (Å²) >= 11 is 1.66. The first-order valence-electron chi connectivity index (χ1n) is 11.4.